The summed E-state index contributed by atoms with van der Waals surface area (Å²) in [6.45, 7) is 12.2. The van der Waals surface area contributed by atoms with Gasteiger partial charge in [-0.2, -0.15) is 5.10 Å². The molecule has 0 aliphatic carbocycles. The first kappa shape index (κ1) is 16.3. The molecule has 2 saturated heterocycles. The zero-order valence-corrected chi connectivity index (χ0v) is 14.0. The molecule has 2 aliphatic rings. The van der Waals surface area contributed by atoms with Crippen LogP contribution in [-0.2, 0) is 5.54 Å². The highest BCUT2D eigenvalue weighted by Crippen LogP contribution is 2.28. The zero-order chi connectivity index (χ0) is 14.5. The number of amides is 1. The second-order valence-corrected chi connectivity index (χ2v) is 7.11. The summed E-state index contributed by atoms with van der Waals surface area (Å²) in [5.74, 6) is 1.42. The van der Waals surface area contributed by atoms with E-state index in [1.807, 2.05) is 16.5 Å². The summed E-state index contributed by atoms with van der Waals surface area (Å²) in [5.41, 5.74) is 1.64. The largest absolute Gasteiger partial charge is 0.338 e. The number of likely N-dealkylation sites (tertiary alicyclic amines) is 1. The summed E-state index contributed by atoms with van der Waals surface area (Å²) >= 11 is 0. The fourth-order valence-corrected chi connectivity index (χ4v) is 3.49. The van der Waals surface area contributed by atoms with Crippen molar-refractivity contribution in [2.24, 2.45) is 11.8 Å². The molecule has 1 N–H and O–H groups in total. The number of carbonyl (C=O) groups is 1. The number of hydrogen-bond acceptors (Lipinski definition) is 3. The molecule has 3 heterocycles. The Bertz CT molecular complexity index is 522. The van der Waals surface area contributed by atoms with Crippen molar-refractivity contribution in [2.45, 2.75) is 33.2 Å². The Kier molecular flexibility index (Phi) is 4.36. The van der Waals surface area contributed by atoms with Crippen LogP contribution in [0.2, 0.25) is 0 Å². The number of nitrogens with one attached hydrogen (secondary N) is 1. The fraction of sp³-hybridized carbons (Fsp3) is 0.733. The van der Waals surface area contributed by atoms with Crippen molar-refractivity contribution in [3.8, 4) is 0 Å². The smallest absolute Gasteiger partial charge is 0.257 e. The van der Waals surface area contributed by atoms with E-state index in [1.54, 1.807) is 6.20 Å². The predicted molar refractivity (Wildman–Crippen MR) is 85.0 cm³/mol. The van der Waals surface area contributed by atoms with Gasteiger partial charge in [0.05, 0.1) is 17.3 Å². The van der Waals surface area contributed by atoms with Crippen LogP contribution >= 0.6 is 12.4 Å². The molecule has 0 radical (unpaired) electrons. The van der Waals surface area contributed by atoms with Crippen LogP contribution in [0.5, 0.6) is 0 Å². The van der Waals surface area contributed by atoms with Crippen LogP contribution in [0.25, 0.3) is 0 Å². The molecular formula is C15H25ClN4O. The number of carbonyl (C=O) groups excluding carboxylic acids is 1. The summed E-state index contributed by atoms with van der Waals surface area (Å²) in [5, 5.41) is 7.81. The molecule has 0 unspecified atom stereocenters. The van der Waals surface area contributed by atoms with Gasteiger partial charge >= 0.3 is 0 Å². The lowest BCUT2D eigenvalue weighted by Gasteiger charge is -2.22. The van der Waals surface area contributed by atoms with Crippen molar-refractivity contribution >= 4 is 18.3 Å². The lowest BCUT2D eigenvalue weighted by Crippen LogP contribution is -2.32. The Morgan fingerprint density at radius 1 is 1.29 bits per heavy atom. The maximum Gasteiger partial charge on any atom is 0.257 e. The van der Waals surface area contributed by atoms with Crippen LogP contribution < -0.4 is 5.32 Å². The molecule has 0 spiro atoms. The highest BCUT2D eigenvalue weighted by atomic mass is 35.5. The number of aromatic nitrogens is 2. The summed E-state index contributed by atoms with van der Waals surface area (Å²) in [6.07, 6.45) is 1.73. The van der Waals surface area contributed by atoms with E-state index < -0.39 is 0 Å². The molecule has 2 fully saturated rings. The predicted octanol–water partition coefficient (Wildman–Crippen LogP) is 1.66. The maximum atomic E-state index is 12.7. The first-order valence-corrected chi connectivity index (χ1v) is 7.43. The van der Waals surface area contributed by atoms with Crippen molar-refractivity contribution in [2.75, 3.05) is 26.2 Å². The number of nitrogens with zero attached hydrogens (tertiary/aromatic N) is 3. The first-order valence-electron chi connectivity index (χ1n) is 7.43. The van der Waals surface area contributed by atoms with Gasteiger partial charge in [0, 0.05) is 31.9 Å². The minimum Gasteiger partial charge on any atom is -0.338 e. The number of fused-ring (bicyclic) bond motifs is 1. The van der Waals surface area contributed by atoms with E-state index in [-0.39, 0.29) is 23.9 Å². The third kappa shape index (κ3) is 2.81. The molecule has 2 aliphatic heterocycles. The van der Waals surface area contributed by atoms with Gasteiger partial charge in [0.25, 0.3) is 5.91 Å². The summed E-state index contributed by atoms with van der Waals surface area (Å²) in [6, 6.07) is 0. The molecule has 5 nitrogen and oxygen atoms in total. The van der Waals surface area contributed by atoms with Crippen LogP contribution in [0, 0.1) is 18.8 Å². The average Bonchev–Trinajstić information content (AvgIpc) is 2.98. The van der Waals surface area contributed by atoms with Crippen molar-refractivity contribution in [3.63, 3.8) is 0 Å². The van der Waals surface area contributed by atoms with Gasteiger partial charge in [-0.05, 0) is 39.5 Å². The zero-order valence-electron chi connectivity index (χ0n) is 13.2. The van der Waals surface area contributed by atoms with E-state index in [0.717, 1.165) is 37.4 Å². The number of rotatable bonds is 1. The topological polar surface area (TPSA) is 50.2 Å². The molecule has 2 atom stereocenters. The Balaban J connectivity index is 0.00000161. The van der Waals surface area contributed by atoms with Gasteiger partial charge in [-0.25, -0.2) is 0 Å². The van der Waals surface area contributed by atoms with Gasteiger partial charge in [0.1, 0.15) is 0 Å². The van der Waals surface area contributed by atoms with Gasteiger partial charge in [-0.3, -0.25) is 9.48 Å². The van der Waals surface area contributed by atoms with Crippen molar-refractivity contribution < 1.29 is 4.79 Å². The second-order valence-electron chi connectivity index (χ2n) is 7.11. The molecule has 0 saturated carbocycles. The molecule has 1 amide bonds. The van der Waals surface area contributed by atoms with Crippen molar-refractivity contribution in [1.29, 1.82) is 0 Å². The SMILES string of the molecule is Cc1c(C(=O)N2C[C@H]3CNC[C@H]3C2)cnn1C(C)(C)C.Cl. The van der Waals surface area contributed by atoms with Gasteiger partial charge in [-0.15, -0.1) is 12.4 Å². The van der Waals surface area contributed by atoms with E-state index in [4.69, 9.17) is 0 Å². The van der Waals surface area contributed by atoms with E-state index in [2.05, 4.69) is 31.2 Å². The highest BCUT2D eigenvalue weighted by molar-refractivity contribution is 5.95. The van der Waals surface area contributed by atoms with E-state index in [0.29, 0.717) is 11.8 Å². The molecule has 21 heavy (non-hydrogen) atoms. The standard InChI is InChI=1S/C15H24N4O.ClH/c1-10-13(7-17-19(10)15(2,3)4)14(20)18-8-11-5-16-6-12(11)9-18;/h7,11-12,16H,5-6,8-9H2,1-4H3;1H/t11-,12+;. The first-order chi connectivity index (χ1) is 9.38. The van der Waals surface area contributed by atoms with Crippen LogP contribution in [0.15, 0.2) is 6.20 Å². The lowest BCUT2D eigenvalue weighted by atomic mass is 10.0. The van der Waals surface area contributed by atoms with Crippen LogP contribution in [0.1, 0.15) is 36.8 Å². The molecule has 3 rings (SSSR count). The molecular weight excluding hydrogens is 288 g/mol. The molecule has 118 valence electrons. The normalized spacial score (nSPS) is 24.9. The monoisotopic (exact) mass is 312 g/mol. The third-order valence-corrected chi connectivity index (χ3v) is 4.55. The van der Waals surface area contributed by atoms with Gasteiger partial charge in [0.15, 0.2) is 0 Å². The number of halogens is 1. The maximum absolute atomic E-state index is 12.7. The molecule has 6 heteroatoms. The molecule has 0 aromatic carbocycles. The third-order valence-electron chi connectivity index (χ3n) is 4.55. The average molecular weight is 313 g/mol. The van der Waals surface area contributed by atoms with E-state index >= 15 is 0 Å². The second kappa shape index (κ2) is 5.61. The van der Waals surface area contributed by atoms with E-state index in [9.17, 15) is 4.79 Å². The van der Waals surface area contributed by atoms with Crippen molar-refractivity contribution in [1.82, 2.24) is 20.0 Å². The van der Waals surface area contributed by atoms with Gasteiger partial charge < -0.3 is 10.2 Å². The van der Waals surface area contributed by atoms with Gasteiger partial charge in [-0.1, -0.05) is 0 Å². The quantitative estimate of drug-likeness (QED) is 0.858. The Labute approximate surface area is 132 Å². The summed E-state index contributed by atoms with van der Waals surface area (Å²) in [7, 11) is 0. The summed E-state index contributed by atoms with van der Waals surface area (Å²) in [4.78, 5) is 14.7. The summed E-state index contributed by atoms with van der Waals surface area (Å²) < 4.78 is 1.94. The van der Waals surface area contributed by atoms with Crippen LogP contribution in [0.4, 0.5) is 0 Å². The number of hydrogen-bond donors (Lipinski definition) is 1. The van der Waals surface area contributed by atoms with E-state index in [1.165, 1.54) is 0 Å². The minimum atomic E-state index is -0.0892. The molecule has 1 aromatic rings. The Morgan fingerprint density at radius 2 is 1.86 bits per heavy atom. The van der Waals surface area contributed by atoms with Gasteiger partial charge in [0.2, 0.25) is 0 Å². The van der Waals surface area contributed by atoms with Crippen LogP contribution in [0.3, 0.4) is 0 Å². The lowest BCUT2D eigenvalue weighted by molar-refractivity contribution is 0.0780. The Hall–Kier alpha value is -1.07. The molecule has 0 bridgehead atoms. The van der Waals surface area contributed by atoms with Crippen molar-refractivity contribution in [3.05, 3.63) is 17.5 Å². The molecule has 1 aromatic heterocycles. The van der Waals surface area contributed by atoms with Crippen LogP contribution in [-0.4, -0.2) is 46.8 Å². The Morgan fingerprint density at radius 3 is 2.33 bits per heavy atom. The fourth-order valence-electron chi connectivity index (χ4n) is 3.49. The highest BCUT2D eigenvalue weighted by Gasteiger charge is 2.39. The minimum absolute atomic E-state index is 0.